The summed E-state index contributed by atoms with van der Waals surface area (Å²) in [5.41, 5.74) is 2.34. The van der Waals surface area contributed by atoms with E-state index in [9.17, 15) is 9.18 Å². The first-order valence-corrected chi connectivity index (χ1v) is 5.61. The molecule has 0 radical (unpaired) electrons. The lowest BCUT2D eigenvalue weighted by Gasteiger charge is -2.19. The Hall–Kier alpha value is -1.22. The predicted octanol–water partition coefficient (Wildman–Crippen LogP) is 3.40. The number of aliphatic imine (C=N–C) groups is 1. The zero-order valence-corrected chi connectivity index (χ0v) is 9.22. The number of carbonyl (C=O) groups excluding carboxylic acids is 1. The van der Waals surface area contributed by atoms with E-state index in [0.717, 1.165) is 17.0 Å². The average molecular weight is 238 g/mol. The standard InChI is InChI=1S/C12H9ClFNO/c13-12-8(14)3-4-9-11(12)7-2-1-6(16)5-10(7)15-9/h3-4,7H,1-2,5H2. The first kappa shape index (κ1) is 9.97. The first-order chi connectivity index (χ1) is 7.66. The highest BCUT2D eigenvalue weighted by atomic mass is 35.5. The minimum atomic E-state index is -0.409. The lowest BCUT2D eigenvalue weighted by molar-refractivity contribution is -0.118. The van der Waals surface area contributed by atoms with E-state index in [1.54, 1.807) is 6.07 Å². The molecule has 2 aliphatic rings. The van der Waals surface area contributed by atoms with Crippen molar-refractivity contribution in [2.45, 2.75) is 25.2 Å². The first-order valence-electron chi connectivity index (χ1n) is 5.24. The van der Waals surface area contributed by atoms with Gasteiger partial charge >= 0.3 is 0 Å². The quantitative estimate of drug-likeness (QED) is 0.680. The van der Waals surface area contributed by atoms with E-state index in [2.05, 4.69) is 4.99 Å². The molecule has 1 unspecified atom stereocenters. The number of benzene rings is 1. The molecule has 0 spiro atoms. The molecule has 0 aromatic heterocycles. The maximum absolute atomic E-state index is 13.4. The summed E-state index contributed by atoms with van der Waals surface area (Å²) in [5, 5.41) is 0.163. The maximum atomic E-state index is 13.4. The summed E-state index contributed by atoms with van der Waals surface area (Å²) in [7, 11) is 0. The van der Waals surface area contributed by atoms with Gasteiger partial charge in [-0.3, -0.25) is 9.79 Å². The van der Waals surface area contributed by atoms with Crippen molar-refractivity contribution in [3.63, 3.8) is 0 Å². The van der Waals surface area contributed by atoms with Gasteiger partial charge in [0.25, 0.3) is 0 Å². The summed E-state index contributed by atoms with van der Waals surface area (Å²) in [6, 6.07) is 2.96. The number of hydrogen-bond donors (Lipinski definition) is 0. The number of carbonyl (C=O) groups is 1. The molecule has 0 saturated heterocycles. The molecule has 82 valence electrons. The van der Waals surface area contributed by atoms with Gasteiger partial charge in [-0.2, -0.15) is 0 Å². The number of fused-ring (bicyclic) bond motifs is 3. The minimum Gasteiger partial charge on any atom is -0.299 e. The summed E-state index contributed by atoms with van der Waals surface area (Å²) < 4.78 is 13.4. The molecular weight excluding hydrogens is 229 g/mol. The molecule has 2 nitrogen and oxygen atoms in total. The Kier molecular flexibility index (Phi) is 2.11. The molecule has 1 heterocycles. The zero-order chi connectivity index (χ0) is 11.3. The van der Waals surface area contributed by atoms with Crippen LogP contribution >= 0.6 is 11.6 Å². The Morgan fingerprint density at radius 2 is 2.25 bits per heavy atom. The third-order valence-electron chi connectivity index (χ3n) is 3.21. The SMILES string of the molecule is O=C1CCC2C(=Nc3ccc(F)c(Cl)c32)C1. The number of Topliss-reactive ketones (excluding diaryl/α,β-unsaturated/α-hetero) is 1. The van der Waals surface area contributed by atoms with Crippen LogP contribution in [-0.4, -0.2) is 11.5 Å². The van der Waals surface area contributed by atoms with Gasteiger partial charge in [-0.1, -0.05) is 11.6 Å². The van der Waals surface area contributed by atoms with Crippen molar-refractivity contribution in [1.29, 1.82) is 0 Å². The zero-order valence-electron chi connectivity index (χ0n) is 8.46. The highest BCUT2D eigenvalue weighted by Crippen LogP contribution is 2.45. The predicted molar refractivity (Wildman–Crippen MR) is 60.1 cm³/mol. The molecule has 16 heavy (non-hydrogen) atoms. The fourth-order valence-electron chi connectivity index (χ4n) is 2.45. The summed E-state index contributed by atoms with van der Waals surface area (Å²) in [6.45, 7) is 0. The van der Waals surface area contributed by atoms with Crippen molar-refractivity contribution in [2.75, 3.05) is 0 Å². The Bertz CT molecular complexity index is 524. The molecule has 1 aromatic carbocycles. The highest BCUT2D eigenvalue weighted by molar-refractivity contribution is 6.32. The largest absolute Gasteiger partial charge is 0.299 e. The monoisotopic (exact) mass is 237 g/mol. The highest BCUT2D eigenvalue weighted by Gasteiger charge is 2.34. The van der Waals surface area contributed by atoms with Gasteiger partial charge in [0.1, 0.15) is 11.6 Å². The maximum Gasteiger partial charge on any atom is 0.142 e. The fourth-order valence-corrected chi connectivity index (χ4v) is 2.75. The number of ketones is 1. The van der Waals surface area contributed by atoms with Crippen LogP contribution in [0.5, 0.6) is 0 Å². The van der Waals surface area contributed by atoms with E-state index >= 15 is 0 Å². The van der Waals surface area contributed by atoms with Gasteiger partial charge in [0, 0.05) is 30.0 Å². The number of nitrogens with zero attached hydrogens (tertiary/aromatic N) is 1. The average Bonchev–Trinajstić information content (AvgIpc) is 2.61. The lowest BCUT2D eigenvalue weighted by atomic mass is 9.83. The molecule has 1 aliphatic carbocycles. The molecule has 0 amide bonds. The molecular formula is C12H9ClFNO. The van der Waals surface area contributed by atoms with Gasteiger partial charge in [0.2, 0.25) is 0 Å². The van der Waals surface area contributed by atoms with Crippen LogP contribution in [0.15, 0.2) is 17.1 Å². The van der Waals surface area contributed by atoms with E-state index in [1.165, 1.54) is 6.07 Å². The number of halogens is 2. The molecule has 0 N–H and O–H groups in total. The molecule has 1 fully saturated rings. The molecule has 3 rings (SSSR count). The second-order valence-electron chi connectivity index (χ2n) is 4.20. The molecule has 0 bridgehead atoms. The second kappa shape index (κ2) is 3.39. The van der Waals surface area contributed by atoms with Gasteiger partial charge in [-0.15, -0.1) is 0 Å². The molecule has 1 saturated carbocycles. The Morgan fingerprint density at radius 1 is 1.44 bits per heavy atom. The van der Waals surface area contributed by atoms with Crippen LogP contribution in [0.1, 0.15) is 30.7 Å². The van der Waals surface area contributed by atoms with Crippen LogP contribution in [0.3, 0.4) is 0 Å². The van der Waals surface area contributed by atoms with Crippen LogP contribution in [0, 0.1) is 5.82 Å². The lowest BCUT2D eigenvalue weighted by Crippen LogP contribution is -2.20. The Morgan fingerprint density at radius 3 is 3.06 bits per heavy atom. The molecule has 4 heteroatoms. The third-order valence-corrected chi connectivity index (χ3v) is 3.60. The van der Waals surface area contributed by atoms with E-state index in [0.29, 0.717) is 19.3 Å². The van der Waals surface area contributed by atoms with Crippen molar-refractivity contribution >= 4 is 28.8 Å². The minimum absolute atomic E-state index is 0.0518. The fraction of sp³-hybridized carbons (Fsp3) is 0.333. The van der Waals surface area contributed by atoms with Crippen LogP contribution in [0.4, 0.5) is 10.1 Å². The summed E-state index contributed by atoms with van der Waals surface area (Å²) in [6.07, 6.45) is 1.63. The summed E-state index contributed by atoms with van der Waals surface area (Å²) in [5.74, 6) is -0.149. The van der Waals surface area contributed by atoms with Crippen molar-refractivity contribution in [1.82, 2.24) is 0 Å². The van der Waals surface area contributed by atoms with Crippen molar-refractivity contribution in [2.24, 2.45) is 4.99 Å². The Labute approximate surface area is 97.1 Å². The van der Waals surface area contributed by atoms with Crippen molar-refractivity contribution < 1.29 is 9.18 Å². The van der Waals surface area contributed by atoms with Gasteiger partial charge in [-0.05, 0) is 18.6 Å². The second-order valence-corrected chi connectivity index (χ2v) is 4.58. The summed E-state index contributed by atoms with van der Waals surface area (Å²) >= 11 is 5.96. The van der Waals surface area contributed by atoms with Crippen LogP contribution in [0.25, 0.3) is 0 Å². The van der Waals surface area contributed by atoms with Gasteiger partial charge in [0.15, 0.2) is 0 Å². The summed E-state index contributed by atoms with van der Waals surface area (Å²) in [4.78, 5) is 15.7. The number of hydrogen-bond acceptors (Lipinski definition) is 2. The molecule has 1 aromatic rings. The van der Waals surface area contributed by atoms with Gasteiger partial charge in [0.05, 0.1) is 10.7 Å². The van der Waals surface area contributed by atoms with E-state index < -0.39 is 5.82 Å². The normalized spacial score (nSPS) is 22.8. The van der Waals surface area contributed by atoms with E-state index in [-0.39, 0.29) is 16.7 Å². The van der Waals surface area contributed by atoms with Gasteiger partial charge < -0.3 is 0 Å². The van der Waals surface area contributed by atoms with Crippen molar-refractivity contribution in [3.8, 4) is 0 Å². The van der Waals surface area contributed by atoms with Crippen molar-refractivity contribution in [3.05, 3.63) is 28.5 Å². The third kappa shape index (κ3) is 1.31. The molecule has 1 atom stereocenters. The van der Waals surface area contributed by atoms with Gasteiger partial charge in [-0.25, -0.2) is 4.39 Å². The number of rotatable bonds is 0. The van der Waals surface area contributed by atoms with Crippen LogP contribution < -0.4 is 0 Å². The van der Waals surface area contributed by atoms with Crippen LogP contribution in [-0.2, 0) is 4.79 Å². The molecule has 1 aliphatic heterocycles. The van der Waals surface area contributed by atoms with Crippen LogP contribution in [0.2, 0.25) is 5.02 Å². The van der Waals surface area contributed by atoms with E-state index in [4.69, 9.17) is 11.6 Å². The topological polar surface area (TPSA) is 29.4 Å². The smallest absolute Gasteiger partial charge is 0.142 e. The van der Waals surface area contributed by atoms with E-state index in [1.807, 2.05) is 0 Å². The Balaban J connectivity index is 2.12.